The third-order valence-corrected chi connectivity index (χ3v) is 6.80. The zero-order chi connectivity index (χ0) is 21.8. The summed E-state index contributed by atoms with van der Waals surface area (Å²) in [6.07, 6.45) is -1.44. The Bertz CT molecular complexity index is 1180. The molecule has 31 heavy (non-hydrogen) atoms. The summed E-state index contributed by atoms with van der Waals surface area (Å²) in [5.41, 5.74) is 6.83. The Morgan fingerprint density at radius 1 is 1.35 bits per heavy atom. The van der Waals surface area contributed by atoms with Gasteiger partial charge in [0.05, 0.1) is 12.9 Å². The lowest BCUT2D eigenvalue weighted by atomic mass is 10.1. The summed E-state index contributed by atoms with van der Waals surface area (Å²) >= 11 is 1.21. The lowest BCUT2D eigenvalue weighted by Gasteiger charge is -2.29. The summed E-state index contributed by atoms with van der Waals surface area (Å²) in [6, 6.07) is 5.90. The first-order valence-electron chi connectivity index (χ1n) is 9.12. The number of anilines is 1. The van der Waals surface area contributed by atoms with Gasteiger partial charge in [-0.1, -0.05) is 0 Å². The number of methoxy groups -OCH3 is 1. The van der Waals surface area contributed by atoms with Gasteiger partial charge in [0.15, 0.2) is 22.8 Å². The standard InChI is InChI=1S/C17H17FN5O6PS/c1-26-13-12-10(6-27-30(24,25)29-12)28-16(13)23-7-20-11-14(19)21-17(22-15(11)23)31-9-4-2-8(18)3-5-9/h2-5,7,10,12-13,16H,6H2,1H3,(H,24,25)(H2,19,21,22). The SMILES string of the molecule is COC1C2OP(=O)(O)OCC2OC1n1cnc2c(N)nc(Sc3ccc(F)cc3)nc21. The van der Waals surface area contributed by atoms with Crippen LogP contribution in [-0.4, -0.2) is 56.4 Å². The second-order valence-corrected chi connectivity index (χ2v) is 9.32. The Morgan fingerprint density at radius 2 is 2.13 bits per heavy atom. The van der Waals surface area contributed by atoms with Crippen molar-refractivity contribution in [1.82, 2.24) is 19.5 Å². The highest BCUT2D eigenvalue weighted by Gasteiger charge is 2.53. The van der Waals surface area contributed by atoms with Crippen LogP contribution in [0.3, 0.4) is 0 Å². The van der Waals surface area contributed by atoms with Gasteiger partial charge in [-0.3, -0.25) is 13.6 Å². The Morgan fingerprint density at radius 3 is 2.87 bits per heavy atom. The van der Waals surface area contributed by atoms with E-state index < -0.39 is 32.4 Å². The van der Waals surface area contributed by atoms with Crippen LogP contribution in [0, 0.1) is 5.82 Å². The Labute approximate surface area is 179 Å². The predicted molar refractivity (Wildman–Crippen MR) is 106 cm³/mol. The fourth-order valence-electron chi connectivity index (χ4n) is 3.55. The minimum absolute atomic E-state index is 0.121. The minimum Gasteiger partial charge on any atom is -0.382 e. The van der Waals surface area contributed by atoms with E-state index in [9.17, 15) is 13.8 Å². The number of phosphoric ester groups is 1. The van der Waals surface area contributed by atoms with Gasteiger partial charge in [0, 0.05) is 12.0 Å². The largest absolute Gasteiger partial charge is 0.472 e. The van der Waals surface area contributed by atoms with Crippen molar-refractivity contribution >= 4 is 36.6 Å². The van der Waals surface area contributed by atoms with Gasteiger partial charge in [0.2, 0.25) is 0 Å². The van der Waals surface area contributed by atoms with Gasteiger partial charge in [-0.25, -0.2) is 23.9 Å². The monoisotopic (exact) mass is 469 g/mol. The second kappa shape index (κ2) is 7.78. The zero-order valence-corrected chi connectivity index (χ0v) is 17.7. The number of fused-ring (bicyclic) bond motifs is 2. The number of hydrogen-bond donors (Lipinski definition) is 2. The van der Waals surface area contributed by atoms with Crippen LogP contribution >= 0.6 is 19.6 Å². The van der Waals surface area contributed by atoms with Crippen molar-refractivity contribution in [2.24, 2.45) is 0 Å². The molecule has 1 aromatic carbocycles. The molecule has 0 amide bonds. The number of benzene rings is 1. The average molecular weight is 469 g/mol. The topological polar surface area (TPSA) is 144 Å². The van der Waals surface area contributed by atoms with Crippen LogP contribution in [0.5, 0.6) is 0 Å². The van der Waals surface area contributed by atoms with Gasteiger partial charge in [-0.2, -0.15) is 0 Å². The molecule has 0 radical (unpaired) electrons. The maximum atomic E-state index is 13.2. The molecular weight excluding hydrogens is 452 g/mol. The predicted octanol–water partition coefficient (Wildman–Crippen LogP) is 2.13. The summed E-state index contributed by atoms with van der Waals surface area (Å²) in [4.78, 5) is 23.5. The van der Waals surface area contributed by atoms with Gasteiger partial charge >= 0.3 is 7.82 Å². The highest BCUT2D eigenvalue weighted by molar-refractivity contribution is 7.99. The molecule has 4 heterocycles. The third-order valence-electron chi connectivity index (χ3n) is 4.94. The molecule has 11 nitrogen and oxygen atoms in total. The Hall–Kier alpha value is -2.12. The molecular formula is C17H17FN5O6PS. The van der Waals surface area contributed by atoms with E-state index in [1.165, 1.54) is 37.3 Å². The van der Waals surface area contributed by atoms with Crippen LogP contribution in [0.4, 0.5) is 10.2 Å². The molecule has 5 rings (SSSR count). The molecule has 2 aliphatic rings. The number of halogens is 1. The Kier molecular flexibility index (Phi) is 5.21. The molecule has 0 aliphatic carbocycles. The third kappa shape index (κ3) is 3.82. The number of ether oxygens (including phenoxy) is 2. The smallest absolute Gasteiger partial charge is 0.382 e. The van der Waals surface area contributed by atoms with Gasteiger partial charge in [0.25, 0.3) is 0 Å². The van der Waals surface area contributed by atoms with Crippen molar-refractivity contribution < 1.29 is 32.4 Å². The molecule has 0 spiro atoms. The van der Waals surface area contributed by atoms with Crippen LogP contribution < -0.4 is 5.73 Å². The van der Waals surface area contributed by atoms with Crippen molar-refractivity contribution in [2.45, 2.75) is 34.6 Å². The van der Waals surface area contributed by atoms with E-state index in [2.05, 4.69) is 15.0 Å². The van der Waals surface area contributed by atoms with Crippen molar-refractivity contribution in [3.05, 3.63) is 36.4 Å². The lowest BCUT2D eigenvalue weighted by Crippen LogP contribution is -2.40. The van der Waals surface area contributed by atoms with Gasteiger partial charge < -0.3 is 20.1 Å². The number of phosphoric acid groups is 1. The summed E-state index contributed by atoms with van der Waals surface area (Å²) in [5, 5.41) is 0.335. The number of rotatable bonds is 4. The van der Waals surface area contributed by atoms with Crippen LogP contribution in [0.1, 0.15) is 6.23 Å². The maximum absolute atomic E-state index is 13.2. The van der Waals surface area contributed by atoms with Crippen molar-refractivity contribution in [1.29, 1.82) is 0 Å². The summed E-state index contributed by atoms with van der Waals surface area (Å²) in [5.74, 6) is -0.181. The number of imidazole rings is 1. The van der Waals surface area contributed by atoms with E-state index in [0.717, 1.165) is 4.90 Å². The second-order valence-electron chi connectivity index (χ2n) is 6.87. The molecule has 5 unspecified atom stereocenters. The fraction of sp³-hybridized carbons (Fsp3) is 0.353. The summed E-state index contributed by atoms with van der Waals surface area (Å²) in [6.45, 7) is -0.121. The van der Waals surface area contributed by atoms with E-state index in [4.69, 9.17) is 24.3 Å². The minimum atomic E-state index is -4.18. The van der Waals surface area contributed by atoms with Gasteiger partial charge in [0.1, 0.15) is 29.6 Å². The average Bonchev–Trinajstić information content (AvgIpc) is 3.29. The van der Waals surface area contributed by atoms with Crippen molar-refractivity contribution in [3.8, 4) is 0 Å². The normalized spacial score (nSPS) is 30.5. The molecule has 3 N–H and O–H groups in total. The number of nitrogen functional groups attached to an aromatic ring is 1. The molecule has 0 saturated carbocycles. The van der Waals surface area contributed by atoms with Crippen LogP contribution in [0.25, 0.3) is 11.2 Å². The first-order valence-corrected chi connectivity index (χ1v) is 11.4. The van der Waals surface area contributed by atoms with E-state index in [1.807, 2.05) is 0 Å². The first kappa shape index (κ1) is 20.8. The van der Waals surface area contributed by atoms with E-state index in [0.29, 0.717) is 16.3 Å². The molecule has 14 heteroatoms. The lowest BCUT2D eigenvalue weighted by molar-refractivity contribution is -0.0667. The molecule has 2 fully saturated rings. The highest BCUT2D eigenvalue weighted by atomic mass is 32.2. The fourth-order valence-corrected chi connectivity index (χ4v) is 5.27. The number of nitrogens with zero attached hydrogens (tertiary/aromatic N) is 4. The maximum Gasteiger partial charge on any atom is 0.472 e. The number of aromatic nitrogens is 4. The van der Waals surface area contributed by atoms with E-state index in [-0.39, 0.29) is 18.2 Å². The first-order chi connectivity index (χ1) is 14.8. The van der Waals surface area contributed by atoms with Crippen molar-refractivity contribution in [3.63, 3.8) is 0 Å². The molecule has 2 aliphatic heterocycles. The Balaban J connectivity index is 1.50. The number of nitrogens with two attached hydrogens (primary N) is 1. The van der Waals surface area contributed by atoms with Crippen LogP contribution in [0.2, 0.25) is 0 Å². The van der Waals surface area contributed by atoms with E-state index in [1.54, 1.807) is 16.7 Å². The van der Waals surface area contributed by atoms with Crippen molar-refractivity contribution in [2.75, 3.05) is 19.5 Å². The zero-order valence-electron chi connectivity index (χ0n) is 16.0. The molecule has 2 saturated heterocycles. The molecule has 2 aromatic heterocycles. The number of hydrogen-bond acceptors (Lipinski definition) is 10. The van der Waals surface area contributed by atoms with Gasteiger partial charge in [-0.05, 0) is 36.0 Å². The quantitative estimate of drug-likeness (QED) is 0.428. The summed E-state index contributed by atoms with van der Waals surface area (Å²) in [7, 11) is -2.73. The molecule has 5 atom stereocenters. The summed E-state index contributed by atoms with van der Waals surface area (Å²) < 4.78 is 48.2. The van der Waals surface area contributed by atoms with Crippen LogP contribution in [0.15, 0.2) is 40.6 Å². The van der Waals surface area contributed by atoms with Gasteiger partial charge in [-0.15, -0.1) is 0 Å². The molecule has 164 valence electrons. The molecule has 0 bridgehead atoms. The highest BCUT2D eigenvalue weighted by Crippen LogP contribution is 2.53. The van der Waals surface area contributed by atoms with E-state index >= 15 is 0 Å². The van der Waals surface area contributed by atoms with Crippen LogP contribution in [-0.2, 0) is 23.1 Å². The molecule has 3 aromatic rings.